The van der Waals surface area contributed by atoms with Gasteiger partial charge in [-0.15, -0.1) is 0 Å². The fraction of sp³-hybridized carbons (Fsp3) is 0.355. The summed E-state index contributed by atoms with van der Waals surface area (Å²) in [6.07, 6.45) is 2.08. The van der Waals surface area contributed by atoms with Crippen molar-refractivity contribution in [2.45, 2.75) is 64.4 Å². The first-order valence-corrected chi connectivity index (χ1v) is 15.4. The molecular formula is C31H38ClN3O4S. The maximum absolute atomic E-state index is 14.1. The van der Waals surface area contributed by atoms with Crippen molar-refractivity contribution in [3.8, 4) is 0 Å². The van der Waals surface area contributed by atoms with Crippen molar-refractivity contribution in [2.24, 2.45) is 0 Å². The van der Waals surface area contributed by atoms with E-state index in [-0.39, 0.29) is 17.3 Å². The smallest absolute Gasteiger partial charge is 0.264 e. The van der Waals surface area contributed by atoms with E-state index in [4.69, 9.17) is 11.6 Å². The number of halogens is 1. The summed E-state index contributed by atoms with van der Waals surface area (Å²) in [6.45, 7) is 7.68. The molecule has 0 radical (unpaired) electrons. The SMILES string of the molecule is CCCCNC(=O)[C@H](CC)N(Cc1ccccc1Cl)C(=O)CN(c1ccc(C)cc1C)S(=O)(=O)c1ccccc1. The Bertz CT molecular complexity index is 1410. The Labute approximate surface area is 243 Å². The minimum atomic E-state index is -4.11. The van der Waals surface area contributed by atoms with Crippen LogP contribution in [0.3, 0.4) is 0 Å². The predicted octanol–water partition coefficient (Wildman–Crippen LogP) is 5.88. The van der Waals surface area contributed by atoms with Gasteiger partial charge >= 0.3 is 0 Å². The largest absolute Gasteiger partial charge is 0.354 e. The average Bonchev–Trinajstić information content (AvgIpc) is 2.93. The molecule has 0 fully saturated rings. The minimum absolute atomic E-state index is 0.0598. The molecule has 3 aromatic rings. The molecule has 0 saturated heterocycles. The molecule has 3 rings (SSSR count). The number of carbonyl (C=O) groups is 2. The van der Waals surface area contributed by atoms with Crippen LogP contribution >= 0.6 is 11.6 Å². The van der Waals surface area contributed by atoms with Crippen LogP contribution in [0.25, 0.3) is 0 Å². The fourth-order valence-electron chi connectivity index (χ4n) is 4.55. The Morgan fingerprint density at radius 1 is 0.950 bits per heavy atom. The van der Waals surface area contributed by atoms with E-state index in [9.17, 15) is 18.0 Å². The number of nitrogens with one attached hydrogen (secondary N) is 1. The van der Waals surface area contributed by atoms with E-state index in [0.29, 0.717) is 34.8 Å². The second-order valence-corrected chi connectivity index (χ2v) is 12.1. The molecule has 0 unspecified atom stereocenters. The lowest BCUT2D eigenvalue weighted by Gasteiger charge is -2.33. The Hall–Kier alpha value is -3.36. The number of unbranched alkanes of at least 4 members (excludes halogenated alkanes) is 1. The average molecular weight is 584 g/mol. The molecule has 0 aliphatic carbocycles. The normalized spacial score (nSPS) is 12.0. The fourth-order valence-corrected chi connectivity index (χ4v) is 6.25. The van der Waals surface area contributed by atoms with Gasteiger partial charge in [0.15, 0.2) is 0 Å². The molecule has 3 aromatic carbocycles. The van der Waals surface area contributed by atoms with Gasteiger partial charge in [0.1, 0.15) is 12.6 Å². The zero-order valence-corrected chi connectivity index (χ0v) is 25.1. The van der Waals surface area contributed by atoms with E-state index in [1.165, 1.54) is 17.0 Å². The van der Waals surface area contributed by atoms with Crippen molar-refractivity contribution < 1.29 is 18.0 Å². The second kappa shape index (κ2) is 14.3. The molecule has 40 heavy (non-hydrogen) atoms. The third-order valence-electron chi connectivity index (χ3n) is 6.75. The number of rotatable bonds is 13. The van der Waals surface area contributed by atoms with Crippen molar-refractivity contribution in [1.82, 2.24) is 10.2 Å². The Morgan fingerprint density at radius 3 is 2.25 bits per heavy atom. The monoisotopic (exact) mass is 583 g/mol. The van der Waals surface area contributed by atoms with Crippen molar-refractivity contribution in [1.29, 1.82) is 0 Å². The van der Waals surface area contributed by atoms with Gasteiger partial charge in [-0.05, 0) is 62.1 Å². The van der Waals surface area contributed by atoms with Crippen LogP contribution in [0.15, 0.2) is 77.7 Å². The molecule has 1 N–H and O–H groups in total. The maximum atomic E-state index is 14.1. The topological polar surface area (TPSA) is 86.8 Å². The third kappa shape index (κ3) is 7.64. The summed E-state index contributed by atoms with van der Waals surface area (Å²) in [4.78, 5) is 28.9. The van der Waals surface area contributed by atoms with Crippen LogP contribution in [0.4, 0.5) is 5.69 Å². The van der Waals surface area contributed by atoms with Crippen molar-refractivity contribution in [3.05, 3.63) is 94.5 Å². The number of aryl methyl sites for hydroxylation is 2. The van der Waals surface area contributed by atoms with Crippen LogP contribution in [0.5, 0.6) is 0 Å². The molecule has 9 heteroatoms. The van der Waals surface area contributed by atoms with E-state index in [1.807, 2.05) is 45.9 Å². The summed E-state index contributed by atoms with van der Waals surface area (Å²) in [5.41, 5.74) is 2.76. The van der Waals surface area contributed by atoms with E-state index >= 15 is 0 Å². The molecule has 214 valence electrons. The lowest BCUT2D eigenvalue weighted by Crippen LogP contribution is -2.52. The Kier molecular flexibility index (Phi) is 11.2. The van der Waals surface area contributed by atoms with Crippen LogP contribution in [-0.2, 0) is 26.2 Å². The summed E-state index contributed by atoms with van der Waals surface area (Å²) in [5.74, 6) is -0.780. The molecule has 0 aliphatic rings. The molecule has 0 spiro atoms. The summed E-state index contributed by atoms with van der Waals surface area (Å²) < 4.78 is 29.0. The van der Waals surface area contributed by atoms with E-state index < -0.39 is 28.5 Å². The molecule has 0 aliphatic heterocycles. The van der Waals surface area contributed by atoms with Gasteiger partial charge in [0, 0.05) is 18.1 Å². The van der Waals surface area contributed by atoms with E-state index in [0.717, 1.165) is 22.7 Å². The molecule has 0 aromatic heterocycles. The highest BCUT2D eigenvalue weighted by atomic mass is 35.5. The quantitative estimate of drug-likeness (QED) is 0.255. The highest BCUT2D eigenvalue weighted by Gasteiger charge is 2.34. The highest BCUT2D eigenvalue weighted by Crippen LogP contribution is 2.28. The van der Waals surface area contributed by atoms with Gasteiger partial charge in [-0.2, -0.15) is 0 Å². The number of hydrogen-bond donors (Lipinski definition) is 1. The standard InChI is InChI=1S/C31H38ClN3O4S/c1-5-7-19-33-31(37)28(6-2)34(21-25-13-11-12-16-27(25)32)30(36)22-35(29-18-17-23(3)20-24(29)4)40(38,39)26-14-9-8-10-15-26/h8-18,20,28H,5-7,19,21-22H2,1-4H3,(H,33,37)/t28-/m0/s1. The van der Waals surface area contributed by atoms with Gasteiger partial charge in [0.2, 0.25) is 11.8 Å². The molecule has 0 saturated carbocycles. The highest BCUT2D eigenvalue weighted by molar-refractivity contribution is 7.92. The lowest BCUT2D eigenvalue weighted by molar-refractivity contribution is -0.140. The number of sulfonamides is 1. The summed E-state index contributed by atoms with van der Waals surface area (Å²) in [7, 11) is -4.11. The molecular weight excluding hydrogens is 546 g/mol. The Balaban J connectivity index is 2.07. The van der Waals surface area contributed by atoms with E-state index in [2.05, 4.69) is 5.32 Å². The van der Waals surface area contributed by atoms with Gasteiger partial charge in [-0.25, -0.2) is 8.42 Å². The van der Waals surface area contributed by atoms with Crippen LogP contribution < -0.4 is 9.62 Å². The van der Waals surface area contributed by atoms with Gasteiger partial charge in [-0.3, -0.25) is 13.9 Å². The number of hydrogen-bond acceptors (Lipinski definition) is 4. The number of benzene rings is 3. The number of anilines is 1. The van der Waals surface area contributed by atoms with Crippen LogP contribution in [0.1, 0.15) is 49.8 Å². The summed E-state index contributed by atoms with van der Waals surface area (Å²) >= 11 is 6.45. The van der Waals surface area contributed by atoms with Crippen LogP contribution in [0, 0.1) is 13.8 Å². The number of amides is 2. The second-order valence-electron chi connectivity index (χ2n) is 9.80. The minimum Gasteiger partial charge on any atom is -0.354 e. The van der Waals surface area contributed by atoms with Gasteiger partial charge in [0.05, 0.1) is 10.6 Å². The number of nitrogens with zero attached hydrogens (tertiary/aromatic N) is 2. The zero-order chi connectivity index (χ0) is 29.3. The van der Waals surface area contributed by atoms with Crippen LogP contribution in [0.2, 0.25) is 5.02 Å². The third-order valence-corrected chi connectivity index (χ3v) is 8.89. The first kappa shape index (κ1) is 31.2. The number of carbonyl (C=O) groups excluding carboxylic acids is 2. The lowest BCUT2D eigenvalue weighted by atomic mass is 10.1. The molecule has 1 atom stereocenters. The maximum Gasteiger partial charge on any atom is 0.264 e. The van der Waals surface area contributed by atoms with Gasteiger partial charge < -0.3 is 10.2 Å². The van der Waals surface area contributed by atoms with Crippen molar-refractivity contribution >= 4 is 39.1 Å². The van der Waals surface area contributed by atoms with Gasteiger partial charge in [0.25, 0.3) is 10.0 Å². The summed E-state index contributed by atoms with van der Waals surface area (Å²) in [5, 5.41) is 3.39. The van der Waals surface area contributed by atoms with Gasteiger partial charge in [-0.1, -0.05) is 86.0 Å². The summed E-state index contributed by atoms with van der Waals surface area (Å²) in [6, 6.07) is 19.8. The van der Waals surface area contributed by atoms with Crippen LogP contribution in [-0.4, -0.2) is 44.3 Å². The first-order valence-electron chi connectivity index (χ1n) is 13.6. The predicted molar refractivity (Wildman–Crippen MR) is 161 cm³/mol. The zero-order valence-electron chi connectivity index (χ0n) is 23.6. The van der Waals surface area contributed by atoms with E-state index in [1.54, 1.807) is 42.5 Å². The van der Waals surface area contributed by atoms with Crippen molar-refractivity contribution in [2.75, 3.05) is 17.4 Å². The molecule has 2 amide bonds. The van der Waals surface area contributed by atoms with Crippen molar-refractivity contribution in [3.63, 3.8) is 0 Å². The molecule has 0 bridgehead atoms. The molecule has 7 nitrogen and oxygen atoms in total. The first-order chi connectivity index (χ1) is 19.1. The molecule has 0 heterocycles. The Morgan fingerprint density at radius 2 is 1.62 bits per heavy atom.